The summed E-state index contributed by atoms with van der Waals surface area (Å²) in [6, 6.07) is 15.0. The predicted octanol–water partition coefficient (Wildman–Crippen LogP) is 3.03. The van der Waals surface area contributed by atoms with Gasteiger partial charge in [-0.2, -0.15) is 0 Å². The van der Waals surface area contributed by atoms with E-state index in [0.717, 1.165) is 22.6 Å². The number of hydrogen-bond acceptors (Lipinski definition) is 4. The molecule has 22 heavy (non-hydrogen) atoms. The van der Waals surface area contributed by atoms with Crippen LogP contribution in [0.5, 0.6) is 0 Å². The molecule has 0 bridgehead atoms. The van der Waals surface area contributed by atoms with Gasteiger partial charge < -0.3 is 10.4 Å². The highest BCUT2D eigenvalue weighted by atomic mass is 35.5. The highest BCUT2D eigenvalue weighted by Crippen LogP contribution is 2.14. The summed E-state index contributed by atoms with van der Waals surface area (Å²) in [5.74, 6) is 0. The van der Waals surface area contributed by atoms with Crippen LogP contribution in [0.3, 0.4) is 0 Å². The number of halogens is 1. The van der Waals surface area contributed by atoms with E-state index in [0.29, 0.717) is 11.6 Å². The zero-order chi connectivity index (χ0) is 15.4. The first-order valence-electron chi connectivity index (χ1n) is 6.85. The molecule has 6 heteroatoms. The molecule has 3 rings (SSSR count). The van der Waals surface area contributed by atoms with Crippen molar-refractivity contribution in [3.05, 3.63) is 71.0 Å². The Labute approximate surface area is 133 Å². The highest BCUT2D eigenvalue weighted by Gasteiger charge is 2.03. The van der Waals surface area contributed by atoms with E-state index in [1.54, 1.807) is 4.68 Å². The minimum Gasteiger partial charge on any atom is -0.392 e. The lowest BCUT2D eigenvalue weighted by atomic mass is 10.2. The Balaban J connectivity index is 1.67. The van der Waals surface area contributed by atoms with E-state index in [4.69, 9.17) is 16.7 Å². The molecule has 0 radical (unpaired) electrons. The van der Waals surface area contributed by atoms with Gasteiger partial charge >= 0.3 is 0 Å². The van der Waals surface area contributed by atoms with Crippen molar-refractivity contribution in [1.82, 2.24) is 15.0 Å². The third kappa shape index (κ3) is 3.44. The summed E-state index contributed by atoms with van der Waals surface area (Å²) in [4.78, 5) is 0. The van der Waals surface area contributed by atoms with Gasteiger partial charge in [-0.05, 0) is 42.0 Å². The van der Waals surface area contributed by atoms with Crippen LogP contribution >= 0.6 is 11.6 Å². The minimum absolute atomic E-state index is 0.0300. The Morgan fingerprint density at radius 2 is 1.95 bits per heavy atom. The molecule has 5 nitrogen and oxygen atoms in total. The lowest BCUT2D eigenvalue weighted by Gasteiger charge is -2.05. The van der Waals surface area contributed by atoms with Crippen molar-refractivity contribution in [2.45, 2.75) is 13.2 Å². The molecular weight excluding hydrogens is 300 g/mol. The molecule has 0 unspecified atom stereocenters. The number of benzene rings is 2. The zero-order valence-electron chi connectivity index (χ0n) is 11.8. The van der Waals surface area contributed by atoms with Crippen LogP contribution < -0.4 is 5.32 Å². The number of nitrogens with zero attached hydrogens (tertiary/aromatic N) is 3. The lowest BCUT2D eigenvalue weighted by molar-refractivity contribution is 0.282. The Hall–Kier alpha value is -2.37. The second kappa shape index (κ2) is 6.60. The summed E-state index contributed by atoms with van der Waals surface area (Å²) in [6.45, 7) is 0.588. The predicted molar refractivity (Wildman–Crippen MR) is 86.1 cm³/mol. The third-order valence-electron chi connectivity index (χ3n) is 3.22. The number of anilines is 1. The molecular formula is C16H15ClN4O. The number of aliphatic hydroxyl groups is 1. The largest absolute Gasteiger partial charge is 0.392 e. The normalized spacial score (nSPS) is 10.6. The Bertz CT molecular complexity index is 755. The van der Waals surface area contributed by atoms with Crippen molar-refractivity contribution in [1.29, 1.82) is 0 Å². The summed E-state index contributed by atoms with van der Waals surface area (Å²) in [6.07, 6.45) is 1.87. The second-order valence-corrected chi connectivity index (χ2v) is 5.28. The smallest absolute Gasteiger partial charge is 0.102 e. The van der Waals surface area contributed by atoms with Gasteiger partial charge in [0.25, 0.3) is 0 Å². The van der Waals surface area contributed by atoms with Gasteiger partial charge in [0.2, 0.25) is 0 Å². The molecule has 1 aromatic heterocycles. The lowest BCUT2D eigenvalue weighted by Crippen LogP contribution is -2.00. The minimum atomic E-state index is 0.0300. The molecule has 3 aromatic rings. The molecule has 0 saturated heterocycles. The monoisotopic (exact) mass is 314 g/mol. The van der Waals surface area contributed by atoms with Crippen molar-refractivity contribution >= 4 is 17.3 Å². The third-order valence-corrected chi connectivity index (χ3v) is 3.47. The van der Waals surface area contributed by atoms with Crippen LogP contribution in [0.25, 0.3) is 5.69 Å². The fraction of sp³-hybridized carbons (Fsp3) is 0.125. The first-order valence-corrected chi connectivity index (χ1v) is 7.23. The summed E-state index contributed by atoms with van der Waals surface area (Å²) in [7, 11) is 0. The van der Waals surface area contributed by atoms with Crippen LogP contribution in [0.1, 0.15) is 11.3 Å². The van der Waals surface area contributed by atoms with Crippen molar-refractivity contribution in [3.63, 3.8) is 0 Å². The molecule has 2 N–H and O–H groups in total. The van der Waals surface area contributed by atoms with Gasteiger partial charge in [-0.25, -0.2) is 4.68 Å². The molecule has 0 spiro atoms. The fourth-order valence-electron chi connectivity index (χ4n) is 2.07. The van der Waals surface area contributed by atoms with Crippen molar-refractivity contribution in [2.24, 2.45) is 0 Å². The van der Waals surface area contributed by atoms with E-state index in [1.807, 2.05) is 54.7 Å². The van der Waals surface area contributed by atoms with Gasteiger partial charge in [0.1, 0.15) is 5.69 Å². The van der Waals surface area contributed by atoms with E-state index >= 15 is 0 Å². The van der Waals surface area contributed by atoms with E-state index < -0.39 is 0 Å². The standard InChI is InChI=1S/C16H15ClN4O/c17-13-4-6-16(7-5-13)21-10-15(19-20-21)9-18-14-3-1-2-12(8-14)11-22/h1-8,10,18,22H,9,11H2. The molecule has 2 aromatic carbocycles. The van der Waals surface area contributed by atoms with E-state index in [-0.39, 0.29) is 6.61 Å². The Morgan fingerprint density at radius 3 is 2.73 bits per heavy atom. The number of rotatable bonds is 5. The number of hydrogen-bond donors (Lipinski definition) is 2. The summed E-state index contributed by atoms with van der Waals surface area (Å²) in [5, 5.41) is 21.3. The van der Waals surface area contributed by atoms with E-state index in [9.17, 15) is 0 Å². The number of nitrogens with one attached hydrogen (secondary N) is 1. The van der Waals surface area contributed by atoms with Gasteiger partial charge in [-0.3, -0.25) is 0 Å². The van der Waals surface area contributed by atoms with Gasteiger partial charge in [0, 0.05) is 10.7 Å². The van der Waals surface area contributed by atoms with Gasteiger partial charge in [0.05, 0.1) is 25.0 Å². The van der Waals surface area contributed by atoms with Crippen LogP contribution in [0.4, 0.5) is 5.69 Å². The first-order chi connectivity index (χ1) is 10.7. The number of aliphatic hydroxyl groups excluding tert-OH is 1. The Kier molecular flexibility index (Phi) is 4.37. The van der Waals surface area contributed by atoms with Crippen molar-refractivity contribution in [2.75, 3.05) is 5.32 Å². The van der Waals surface area contributed by atoms with E-state index in [2.05, 4.69) is 15.6 Å². The summed E-state index contributed by atoms with van der Waals surface area (Å²) >= 11 is 5.87. The summed E-state index contributed by atoms with van der Waals surface area (Å²) < 4.78 is 1.71. The number of aromatic nitrogens is 3. The average Bonchev–Trinajstić information content (AvgIpc) is 3.03. The first kappa shape index (κ1) is 14.6. The summed E-state index contributed by atoms with van der Waals surface area (Å²) in [5.41, 5.74) is 3.54. The second-order valence-electron chi connectivity index (χ2n) is 4.84. The fourth-order valence-corrected chi connectivity index (χ4v) is 2.20. The maximum atomic E-state index is 9.13. The molecule has 0 fully saturated rings. The van der Waals surface area contributed by atoms with Crippen LogP contribution in [0.15, 0.2) is 54.7 Å². The molecule has 0 aliphatic carbocycles. The maximum absolute atomic E-state index is 9.13. The molecule has 0 saturated carbocycles. The van der Waals surface area contributed by atoms with Gasteiger partial charge in [0.15, 0.2) is 0 Å². The quantitative estimate of drug-likeness (QED) is 0.760. The Morgan fingerprint density at radius 1 is 1.14 bits per heavy atom. The van der Waals surface area contributed by atoms with Crippen LogP contribution in [-0.4, -0.2) is 20.1 Å². The van der Waals surface area contributed by atoms with Gasteiger partial charge in [-0.15, -0.1) is 5.10 Å². The molecule has 112 valence electrons. The van der Waals surface area contributed by atoms with Crippen molar-refractivity contribution < 1.29 is 5.11 Å². The highest BCUT2D eigenvalue weighted by molar-refractivity contribution is 6.30. The van der Waals surface area contributed by atoms with Crippen LogP contribution in [0, 0.1) is 0 Å². The van der Waals surface area contributed by atoms with Crippen molar-refractivity contribution in [3.8, 4) is 5.69 Å². The maximum Gasteiger partial charge on any atom is 0.102 e. The van der Waals surface area contributed by atoms with Gasteiger partial charge in [-0.1, -0.05) is 28.9 Å². The zero-order valence-corrected chi connectivity index (χ0v) is 12.5. The SMILES string of the molecule is OCc1cccc(NCc2cn(-c3ccc(Cl)cc3)nn2)c1. The topological polar surface area (TPSA) is 63.0 Å². The average molecular weight is 315 g/mol. The van der Waals surface area contributed by atoms with E-state index in [1.165, 1.54) is 0 Å². The molecule has 0 aliphatic rings. The molecule has 1 heterocycles. The molecule has 0 amide bonds. The molecule has 0 atom stereocenters. The molecule has 0 aliphatic heterocycles. The van der Waals surface area contributed by atoms with Crippen LogP contribution in [0.2, 0.25) is 5.02 Å². The van der Waals surface area contributed by atoms with Crippen LogP contribution in [-0.2, 0) is 13.2 Å².